The molecule has 24 heavy (non-hydrogen) atoms. The number of aryl methyl sites for hydroxylation is 1. The fourth-order valence-corrected chi connectivity index (χ4v) is 3.17. The highest BCUT2D eigenvalue weighted by molar-refractivity contribution is 5.99. The normalized spacial score (nSPS) is 15.4. The summed E-state index contributed by atoms with van der Waals surface area (Å²) in [6.45, 7) is 4.75. The number of rotatable bonds is 4. The predicted octanol–water partition coefficient (Wildman–Crippen LogP) is 3.61. The van der Waals surface area contributed by atoms with Crippen LogP contribution in [0.4, 0.5) is 5.69 Å². The van der Waals surface area contributed by atoms with Crippen molar-refractivity contribution in [2.45, 2.75) is 32.7 Å². The van der Waals surface area contributed by atoms with Crippen molar-refractivity contribution in [2.75, 3.05) is 11.4 Å². The van der Waals surface area contributed by atoms with Crippen LogP contribution >= 0.6 is 0 Å². The summed E-state index contributed by atoms with van der Waals surface area (Å²) < 4.78 is 0. The van der Waals surface area contributed by atoms with Gasteiger partial charge in [-0.25, -0.2) is 0 Å². The first kappa shape index (κ1) is 16.2. The van der Waals surface area contributed by atoms with E-state index in [1.54, 1.807) is 17.0 Å². The smallest absolute Gasteiger partial charge is 0.251 e. The van der Waals surface area contributed by atoms with Gasteiger partial charge in [-0.1, -0.05) is 30.3 Å². The summed E-state index contributed by atoms with van der Waals surface area (Å²) in [5.41, 5.74) is 3.64. The molecular weight excluding hydrogens is 300 g/mol. The molecule has 0 aliphatic carbocycles. The van der Waals surface area contributed by atoms with Crippen molar-refractivity contribution in [3.8, 4) is 0 Å². The molecule has 1 saturated heterocycles. The molecule has 1 aliphatic rings. The number of nitrogens with one attached hydrogen (secondary N) is 1. The highest BCUT2D eigenvalue weighted by atomic mass is 16.2. The lowest BCUT2D eigenvalue weighted by Crippen LogP contribution is -2.28. The summed E-state index contributed by atoms with van der Waals surface area (Å²) in [6, 6.07) is 15.2. The van der Waals surface area contributed by atoms with Crippen LogP contribution in [0, 0.1) is 6.92 Å². The van der Waals surface area contributed by atoms with Gasteiger partial charge in [-0.05, 0) is 49.6 Å². The lowest BCUT2D eigenvalue weighted by atomic mass is 10.0. The number of carbonyl (C=O) groups excluding carboxylic acids is 2. The molecule has 4 heteroatoms. The molecule has 1 fully saturated rings. The molecule has 1 atom stereocenters. The minimum absolute atomic E-state index is 0.0734. The van der Waals surface area contributed by atoms with Crippen molar-refractivity contribution in [3.05, 3.63) is 65.2 Å². The van der Waals surface area contributed by atoms with Crippen LogP contribution in [0.25, 0.3) is 0 Å². The SMILES string of the molecule is Cc1ccccc1[C@H](C)NC(=O)c1cccc(N2CCCC2=O)c1. The molecule has 124 valence electrons. The second-order valence-electron chi connectivity index (χ2n) is 6.25. The average Bonchev–Trinajstić information content (AvgIpc) is 3.01. The van der Waals surface area contributed by atoms with Gasteiger partial charge < -0.3 is 10.2 Å². The van der Waals surface area contributed by atoms with E-state index in [4.69, 9.17) is 0 Å². The first-order chi connectivity index (χ1) is 11.6. The molecule has 3 rings (SSSR count). The molecule has 0 unspecified atom stereocenters. The maximum absolute atomic E-state index is 12.6. The van der Waals surface area contributed by atoms with Crippen LogP contribution < -0.4 is 10.2 Å². The molecule has 0 saturated carbocycles. The van der Waals surface area contributed by atoms with E-state index in [1.807, 2.05) is 50.2 Å². The number of carbonyl (C=O) groups is 2. The third-order valence-corrected chi connectivity index (χ3v) is 4.50. The lowest BCUT2D eigenvalue weighted by molar-refractivity contribution is -0.117. The second kappa shape index (κ2) is 6.87. The minimum atomic E-state index is -0.126. The predicted molar refractivity (Wildman–Crippen MR) is 95.1 cm³/mol. The maximum atomic E-state index is 12.6. The van der Waals surface area contributed by atoms with Gasteiger partial charge in [-0.3, -0.25) is 9.59 Å². The van der Waals surface area contributed by atoms with Gasteiger partial charge in [0.25, 0.3) is 5.91 Å². The van der Waals surface area contributed by atoms with Crippen LogP contribution in [-0.4, -0.2) is 18.4 Å². The van der Waals surface area contributed by atoms with Crippen molar-refractivity contribution in [3.63, 3.8) is 0 Å². The maximum Gasteiger partial charge on any atom is 0.251 e. The molecule has 0 aromatic heterocycles. The van der Waals surface area contributed by atoms with E-state index in [0.717, 1.165) is 29.8 Å². The average molecular weight is 322 g/mol. The summed E-state index contributed by atoms with van der Waals surface area (Å²) in [5, 5.41) is 3.04. The first-order valence-electron chi connectivity index (χ1n) is 8.33. The van der Waals surface area contributed by atoms with Gasteiger partial charge in [0.1, 0.15) is 0 Å². The van der Waals surface area contributed by atoms with Crippen molar-refractivity contribution in [2.24, 2.45) is 0 Å². The summed E-state index contributed by atoms with van der Waals surface area (Å²) in [5.74, 6) is 0.0000792. The highest BCUT2D eigenvalue weighted by Gasteiger charge is 2.22. The van der Waals surface area contributed by atoms with Gasteiger partial charge in [-0.15, -0.1) is 0 Å². The van der Waals surface area contributed by atoms with Gasteiger partial charge in [-0.2, -0.15) is 0 Å². The number of hydrogen-bond donors (Lipinski definition) is 1. The third kappa shape index (κ3) is 3.32. The van der Waals surface area contributed by atoms with Crippen LogP contribution in [0.1, 0.15) is 47.3 Å². The van der Waals surface area contributed by atoms with Crippen LogP contribution in [0.5, 0.6) is 0 Å². The van der Waals surface area contributed by atoms with Crippen LogP contribution in [0.2, 0.25) is 0 Å². The zero-order valence-corrected chi connectivity index (χ0v) is 14.1. The molecule has 0 spiro atoms. The number of anilines is 1. The van der Waals surface area contributed by atoms with E-state index >= 15 is 0 Å². The Bertz CT molecular complexity index is 770. The van der Waals surface area contributed by atoms with Crippen molar-refractivity contribution >= 4 is 17.5 Å². The lowest BCUT2D eigenvalue weighted by Gasteiger charge is -2.19. The highest BCUT2D eigenvalue weighted by Crippen LogP contribution is 2.23. The van der Waals surface area contributed by atoms with Crippen LogP contribution in [0.15, 0.2) is 48.5 Å². The summed E-state index contributed by atoms with van der Waals surface area (Å²) in [7, 11) is 0. The molecule has 1 N–H and O–H groups in total. The van der Waals surface area contributed by atoms with Gasteiger partial charge in [0.05, 0.1) is 6.04 Å². The quantitative estimate of drug-likeness (QED) is 0.935. The molecule has 0 bridgehead atoms. The van der Waals surface area contributed by atoms with Gasteiger partial charge in [0.15, 0.2) is 0 Å². The summed E-state index contributed by atoms with van der Waals surface area (Å²) >= 11 is 0. The standard InChI is InChI=1S/C20H22N2O2/c1-14-7-3-4-10-18(14)15(2)21-20(24)16-8-5-9-17(13-16)22-12-6-11-19(22)23/h3-5,7-10,13,15H,6,11-12H2,1-2H3,(H,21,24)/t15-/m0/s1. The molecule has 2 aromatic rings. The Morgan fingerprint density at radius 1 is 1.17 bits per heavy atom. The van der Waals surface area contributed by atoms with Gasteiger partial charge in [0.2, 0.25) is 5.91 Å². The number of amides is 2. The van der Waals surface area contributed by atoms with Crippen LogP contribution in [-0.2, 0) is 4.79 Å². The largest absolute Gasteiger partial charge is 0.346 e. The Balaban J connectivity index is 1.76. The monoisotopic (exact) mass is 322 g/mol. The fraction of sp³-hybridized carbons (Fsp3) is 0.300. The molecule has 0 radical (unpaired) electrons. The van der Waals surface area contributed by atoms with E-state index in [2.05, 4.69) is 5.32 Å². The Morgan fingerprint density at radius 2 is 1.96 bits per heavy atom. The Morgan fingerprint density at radius 3 is 2.67 bits per heavy atom. The Labute approximate surface area is 142 Å². The van der Waals surface area contributed by atoms with E-state index < -0.39 is 0 Å². The number of hydrogen-bond acceptors (Lipinski definition) is 2. The number of nitrogens with zero attached hydrogens (tertiary/aromatic N) is 1. The Kier molecular flexibility index (Phi) is 4.65. The van der Waals surface area contributed by atoms with E-state index in [9.17, 15) is 9.59 Å². The number of benzene rings is 2. The van der Waals surface area contributed by atoms with Crippen molar-refractivity contribution in [1.82, 2.24) is 5.32 Å². The molecular formula is C20H22N2O2. The molecule has 1 aliphatic heterocycles. The fourth-order valence-electron chi connectivity index (χ4n) is 3.17. The Hall–Kier alpha value is -2.62. The van der Waals surface area contributed by atoms with Gasteiger partial charge >= 0.3 is 0 Å². The first-order valence-corrected chi connectivity index (χ1v) is 8.33. The van der Waals surface area contributed by atoms with Crippen molar-refractivity contribution < 1.29 is 9.59 Å². The summed E-state index contributed by atoms with van der Waals surface area (Å²) in [4.78, 5) is 26.2. The minimum Gasteiger partial charge on any atom is -0.346 e. The molecule has 2 aromatic carbocycles. The topological polar surface area (TPSA) is 49.4 Å². The van der Waals surface area contributed by atoms with E-state index in [1.165, 1.54) is 0 Å². The summed E-state index contributed by atoms with van der Waals surface area (Å²) in [6.07, 6.45) is 1.46. The van der Waals surface area contributed by atoms with E-state index in [0.29, 0.717) is 12.0 Å². The van der Waals surface area contributed by atoms with E-state index in [-0.39, 0.29) is 17.9 Å². The van der Waals surface area contributed by atoms with Crippen LogP contribution in [0.3, 0.4) is 0 Å². The van der Waals surface area contributed by atoms with Gasteiger partial charge in [0, 0.05) is 24.2 Å². The molecule has 4 nitrogen and oxygen atoms in total. The zero-order valence-electron chi connectivity index (χ0n) is 14.1. The molecule has 2 amide bonds. The zero-order chi connectivity index (χ0) is 17.1. The third-order valence-electron chi connectivity index (χ3n) is 4.50. The molecule has 1 heterocycles. The second-order valence-corrected chi connectivity index (χ2v) is 6.25. The van der Waals surface area contributed by atoms with Crippen molar-refractivity contribution in [1.29, 1.82) is 0 Å².